The Bertz CT molecular complexity index is 465. The lowest BCUT2D eigenvalue weighted by Gasteiger charge is -2.17. The number of likely N-dealkylation sites (N-methyl/N-ethyl adjacent to an activating group) is 2. The van der Waals surface area contributed by atoms with Gasteiger partial charge in [0.05, 0.1) is 10.5 Å². The molecule has 1 rings (SSSR count). The number of hydrogen-bond acceptors (Lipinski definition) is 4. The largest absolute Gasteiger partial charge is 0.340 e. The van der Waals surface area contributed by atoms with Crippen molar-refractivity contribution in [3.05, 3.63) is 37.4 Å². The highest BCUT2D eigenvalue weighted by atomic mass is 127. The van der Waals surface area contributed by atoms with Crippen LogP contribution in [0.2, 0.25) is 0 Å². The molecule has 7 heteroatoms. The monoisotopic (exact) mass is 363 g/mol. The molecule has 0 aliphatic rings. The maximum atomic E-state index is 12.1. The van der Waals surface area contributed by atoms with E-state index in [1.165, 1.54) is 17.0 Å². The number of nitrogens with one attached hydrogen (secondary N) is 1. The van der Waals surface area contributed by atoms with Gasteiger partial charge >= 0.3 is 0 Å². The number of nitrogens with zero attached hydrogens (tertiary/aromatic N) is 2. The molecule has 0 radical (unpaired) electrons. The molecule has 0 unspecified atom stereocenters. The van der Waals surface area contributed by atoms with Gasteiger partial charge in [0.25, 0.3) is 11.6 Å². The predicted octanol–water partition coefficient (Wildman–Crippen LogP) is 1.49. The van der Waals surface area contributed by atoms with Gasteiger partial charge in [0.2, 0.25) is 0 Å². The fourth-order valence-corrected chi connectivity index (χ4v) is 1.94. The van der Waals surface area contributed by atoms with Gasteiger partial charge < -0.3 is 10.2 Å². The van der Waals surface area contributed by atoms with Crippen molar-refractivity contribution in [3.63, 3.8) is 0 Å². The second-order valence-corrected chi connectivity index (χ2v) is 4.91. The first kappa shape index (κ1) is 14.8. The van der Waals surface area contributed by atoms with Crippen LogP contribution < -0.4 is 5.32 Å². The van der Waals surface area contributed by atoms with Gasteiger partial charge in [-0.2, -0.15) is 0 Å². The van der Waals surface area contributed by atoms with Gasteiger partial charge in [-0.1, -0.05) is 0 Å². The normalized spacial score (nSPS) is 10.2. The molecule has 1 N–H and O–H groups in total. The second kappa shape index (κ2) is 6.64. The van der Waals surface area contributed by atoms with Crippen molar-refractivity contribution >= 4 is 34.2 Å². The Labute approximate surface area is 119 Å². The van der Waals surface area contributed by atoms with Crippen molar-refractivity contribution in [2.24, 2.45) is 0 Å². The Morgan fingerprint density at radius 3 is 2.78 bits per heavy atom. The smallest absolute Gasteiger partial charge is 0.270 e. The van der Waals surface area contributed by atoms with Crippen LogP contribution in [0.15, 0.2) is 18.2 Å². The molecule has 1 aromatic carbocycles. The molecule has 0 bridgehead atoms. The first-order chi connectivity index (χ1) is 8.47. The van der Waals surface area contributed by atoms with Crippen LogP contribution >= 0.6 is 22.6 Å². The highest BCUT2D eigenvalue weighted by Crippen LogP contribution is 2.20. The Hall–Kier alpha value is -1.22. The molecule has 0 saturated heterocycles. The molecular formula is C11H14IN3O3. The Morgan fingerprint density at radius 1 is 1.56 bits per heavy atom. The number of hydrogen-bond donors (Lipinski definition) is 1. The third kappa shape index (κ3) is 3.64. The molecule has 0 aromatic heterocycles. The van der Waals surface area contributed by atoms with Gasteiger partial charge in [0.1, 0.15) is 0 Å². The lowest BCUT2D eigenvalue weighted by Crippen LogP contribution is -2.33. The summed E-state index contributed by atoms with van der Waals surface area (Å²) in [5, 5.41) is 13.6. The Morgan fingerprint density at radius 2 is 2.22 bits per heavy atom. The van der Waals surface area contributed by atoms with E-state index in [1.807, 2.05) is 22.6 Å². The average molecular weight is 363 g/mol. The summed E-state index contributed by atoms with van der Waals surface area (Å²) in [6.45, 7) is 1.22. The molecule has 6 nitrogen and oxygen atoms in total. The Balaban J connectivity index is 2.97. The summed E-state index contributed by atoms with van der Waals surface area (Å²) in [6, 6.07) is 4.30. The number of carbonyl (C=O) groups is 1. The van der Waals surface area contributed by atoms with E-state index in [0.717, 1.165) is 0 Å². The fraction of sp³-hybridized carbons (Fsp3) is 0.364. The van der Waals surface area contributed by atoms with Crippen LogP contribution in [-0.2, 0) is 0 Å². The van der Waals surface area contributed by atoms with Gasteiger partial charge in [-0.25, -0.2) is 0 Å². The van der Waals surface area contributed by atoms with Crippen molar-refractivity contribution in [1.82, 2.24) is 10.2 Å². The van der Waals surface area contributed by atoms with Crippen LogP contribution in [0.1, 0.15) is 10.4 Å². The van der Waals surface area contributed by atoms with E-state index < -0.39 is 4.92 Å². The minimum atomic E-state index is -0.500. The van der Waals surface area contributed by atoms with Crippen LogP contribution in [0.4, 0.5) is 5.69 Å². The van der Waals surface area contributed by atoms with Crippen LogP contribution in [0, 0.1) is 13.7 Å². The molecule has 0 aliphatic heterocycles. The fourth-order valence-electron chi connectivity index (χ4n) is 1.38. The molecule has 0 atom stereocenters. The van der Waals surface area contributed by atoms with Crippen molar-refractivity contribution in [2.45, 2.75) is 0 Å². The molecule has 1 amide bonds. The van der Waals surface area contributed by atoms with E-state index in [-0.39, 0.29) is 11.6 Å². The molecule has 0 fully saturated rings. The van der Waals surface area contributed by atoms with Crippen molar-refractivity contribution in [3.8, 4) is 0 Å². The molecule has 0 saturated carbocycles. The highest BCUT2D eigenvalue weighted by Gasteiger charge is 2.18. The summed E-state index contributed by atoms with van der Waals surface area (Å²) in [5.41, 5.74) is 0.296. The molecule has 0 heterocycles. The van der Waals surface area contributed by atoms with Crippen LogP contribution in [-0.4, -0.2) is 42.9 Å². The zero-order valence-corrected chi connectivity index (χ0v) is 12.3. The van der Waals surface area contributed by atoms with E-state index in [4.69, 9.17) is 0 Å². The van der Waals surface area contributed by atoms with Crippen molar-refractivity contribution < 1.29 is 9.72 Å². The lowest BCUT2D eigenvalue weighted by atomic mass is 10.2. The molecule has 0 aliphatic carbocycles. The number of carbonyl (C=O) groups excluding carboxylic acids is 1. The molecule has 18 heavy (non-hydrogen) atoms. The van der Waals surface area contributed by atoms with Gasteiger partial charge in [0.15, 0.2) is 0 Å². The maximum absolute atomic E-state index is 12.1. The summed E-state index contributed by atoms with van der Waals surface area (Å²) < 4.78 is 0.708. The summed E-state index contributed by atoms with van der Waals surface area (Å²) in [5.74, 6) is -0.210. The first-order valence-electron chi connectivity index (χ1n) is 5.31. The van der Waals surface area contributed by atoms with Gasteiger partial charge in [0, 0.05) is 35.8 Å². The summed E-state index contributed by atoms with van der Waals surface area (Å²) in [7, 11) is 3.48. The van der Waals surface area contributed by atoms with Gasteiger partial charge in [-0.05, 0) is 35.7 Å². The summed E-state index contributed by atoms with van der Waals surface area (Å²) in [6.07, 6.45) is 0. The number of amides is 1. The predicted molar refractivity (Wildman–Crippen MR) is 76.7 cm³/mol. The van der Waals surface area contributed by atoms with Crippen LogP contribution in [0.3, 0.4) is 0 Å². The third-order valence-corrected chi connectivity index (χ3v) is 3.38. The minimum Gasteiger partial charge on any atom is -0.340 e. The van der Waals surface area contributed by atoms with Crippen LogP contribution in [0.25, 0.3) is 0 Å². The third-order valence-electron chi connectivity index (χ3n) is 2.44. The maximum Gasteiger partial charge on any atom is 0.270 e. The number of nitro groups is 1. The first-order valence-corrected chi connectivity index (χ1v) is 6.39. The number of rotatable bonds is 5. The van der Waals surface area contributed by atoms with E-state index >= 15 is 0 Å². The zero-order chi connectivity index (χ0) is 13.7. The summed E-state index contributed by atoms with van der Waals surface area (Å²) in [4.78, 5) is 23.9. The number of halogens is 1. The molecular weight excluding hydrogens is 349 g/mol. The summed E-state index contributed by atoms with van der Waals surface area (Å²) >= 11 is 2.00. The van der Waals surface area contributed by atoms with E-state index in [1.54, 1.807) is 20.2 Å². The topological polar surface area (TPSA) is 75.5 Å². The number of nitro benzene ring substituents is 1. The highest BCUT2D eigenvalue weighted by molar-refractivity contribution is 14.1. The second-order valence-electron chi connectivity index (χ2n) is 3.75. The lowest BCUT2D eigenvalue weighted by molar-refractivity contribution is -0.384. The van der Waals surface area contributed by atoms with Crippen molar-refractivity contribution in [1.29, 1.82) is 0 Å². The van der Waals surface area contributed by atoms with E-state index in [0.29, 0.717) is 22.2 Å². The van der Waals surface area contributed by atoms with E-state index in [2.05, 4.69) is 5.32 Å². The van der Waals surface area contributed by atoms with E-state index in [9.17, 15) is 14.9 Å². The quantitative estimate of drug-likeness (QED) is 0.489. The molecule has 1 aromatic rings. The number of benzene rings is 1. The minimum absolute atomic E-state index is 0.0687. The van der Waals surface area contributed by atoms with Crippen LogP contribution in [0.5, 0.6) is 0 Å². The van der Waals surface area contributed by atoms with Gasteiger partial charge in [-0.15, -0.1) is 0 Å². The standard InChI is InChI=1S/C11H14IN3O3/c1-13-5-6-14(2)11(16)9-7-8(15(17)18)3-4-10(9)12/h3-4,7,13H,5-6H2,1-2H3. The average Bonchev–Trinajstić information content (AvgIpc) is 2.35. The zero-order valence-electron chi connectivity index (χ0n) is 10.1. The molecule has 98 valence electrons. The van der Waals surface area contributed by atoms with Gasteiger partial charge in [-0.3, -0.25) is 14.9 Å². The SMILES string of the molecule is CNCCN(C)C(=O)c1cc([N+](=O)[O-])ccc1I. The van der Waals surface area contributed by atoms with Crippen molar-refractivity contribution in [2.75, 3.05) is 27.2 Å². The number of non-ortho nitro benzene ring substituents is 1. The molecule has 0 spiro atoms. The Kier molecular flexibility index (Phi) is 5.48.